The fourth-order valence-electron chi connectivity index (χ4n) is 3.21. The molecule has 7 heteroatoms. The van der Waals surface area contributed by atoms with E-state index >= 15 is 0 Å². The molecule has 3 rings (SSSR count). The van der Waals surface area contributed by atoms with Crippen LogP contribution in [0.3, 0.4) is 0 Å². The van der Waals surface area contributed by atoms with Crippen molar-refractivity contribution in [1.29, 1.82) is 0 Å². The number of thiazole rings is 1. The van der Waals surface area contributed by atoms with E-state index in [9.17, 15) is 4.79 Å². The number of hydrogen-bond donors (Lipinski definition) is 1. The zero-order chi connectivity index (χ0) is 18.9. The van der Waals surface area contributed by atoms with E-state index in [-0.39, 0.29) is 23.7 Å². The normalized spacial score (nSPS) is 21.7. The minimum atomic E-state index is -0.154. The number of nitrogens with zero attached hydrogens (tertiary/aromatic N) is 2. The lowest BCUT2D eigenvalue weighted by Crippen LogP contribution is -2.58. The third-order valence-electron chi connectivity index (χ3n) is 4.65. The largest absolute Gasteiger partial charge is 0.459 e. The van der Waals surface area contributed by atoms with Crippen LogP contribution in [-0.2, 0) is 4.74 Å². The molecule has 0 spiro atoms. The topological polar surface area (TPSA) is 67.6 Å². The van der Waals surface area contributed by atoms with Crippen molar-refractivity contribution >= 4 is 17.2 Å². The number of rotatable bonds is 5. The monoisotopic (exact) mass is 377 g/mol. The summed E-state index contributed by atoms with van der Waals surface area (Å²) in [5.74, 6) is 1.37. The van der Waals surface area contributed by atoms with E-state index in [1.165, 1.54) is 11.3 Å². The average molecular weight is 378 g/mol. The maximum atomic E-state index is 12.5. The van der Waals surface area contributed by atoms with Crippen LogP contribution in [0, 0.1) is 6.92 Å². The Balaban J connectivity index is 1.60. The Morgan fingerprint density at radius 1 is 1.35 bits per heavy atom. The van der Waals surface area contributed by atoms with Gasteiger partial charge in [0.05, 0.1) is 12.2 Å². The summed E-state index contributed by atoms with van der Waals surface area (Å²) >= 11 is 1.41. The first-order chi connectivity index (χ1) is 12.2. The van der Waals surface area contributed by atoms with Crippen molar-refractivity contribution in [2.24, 2.45) is 0 Å². The number of carbonyl (C=O) groups is 1. The molecule has 2 atom stereocenters. The highest BCUT2D eigenvalue weighted by molar-refractivity contribution is 7.13. The molecule has 0 radical (unpaired) electrons. The molecule has 2 aromatic rings. The molecule has 0 aliphatic carbocycles. The number of hydrogen-bond acceptors (Lipinski definition) is 6. The van der Waals surface area contributed by atoms with E-state index in [2.05, 4.69) is 42.9 Å². The molecule has 142 valence electrons. The Bertz CT molecular complexity index is 758. The van der Waals surface area contributed by atoms with E-state index in [4.69, 9.17) is 9.15 Å². The van der Waals surface area contributed by atoms with Crippen LogP contribution in [-0.4, -0.2) is 53.2 Å². The summed E-state index contributed by atoms with van der Waals surface area (Å²) < 4.78 is 11.4. The number of amides is 1. The van der Waals surface area contributed by atoms with E-state index in [1.54, 1.807) is 5.38 Å². The second-order valence-corrected chi connectivity index (χ2v) is 8.46. The van der Waals surface area contributed by atoms with Crippen molar-refractivity contribution in [1.82, 2.24) is 15.2 Å². The number of morpholine rings is 1. The van der Waals surface area contributed by atoms with Crippen LogP contribution in [0.25, 0.3) is 10.8 Å². The Kier molecular flexibility index (Phi) is 5.50. The van der Waals surface area contributed by atoms with Gasteiger partial charge in [-0.3, -0.25) is 9.69 Å². The number of nitrogens with one attached hydrogen (secondary N) is 1. The summed E-state index contributed by atoms with van der Waals surface area (Å²) in [5.41, 5.74) is 0.275. The standard InChI is InChI=1S/C19H27N3O3S/c1-12-6-7-16(25-12)18-21-15(10-26-18)17(23)20-11-19(4,5)22-8-13(2)24-14(3)9-22/h6-7,10,13-14H,8-9,11H2,1-5H3,(H,20,23)/t13-,14+. The molecule has 1 fully saturated rings. The Morgan fingerprint density at radius 2 is 2.04 bits per heavy atom. The van der Waals surface area contributed by atoms with Gasteiger partial charge in [-0.25, -0.2) is 4.98 Å². The average Bonchev–Trinajstić information content (AvgIpc) is 3.20. The summed E-state index contributed by atoms with van der Waals surface area (Å²) in [6.45, 7) is 12.6. The summed E-state index contributed by atoms with van der Waals surface area (Å²) in [6, 6.07) is 3.77. The number of carbonyl (C=O) groups excluding carboxylic acids is 1. The lowest BCUT2D eigenvalue weighted by molar-refractivity contribution is -0.0948. The lowest BCUT2D eigenvalue weighted by atomic mass is 10.00. The SMILES string of the molecule is Cc1ccc(-c2nc(C(=O)NCC(C)(C)N3C[C@@H](C)O[C@@H](C)C3)cs2)o1. The minimum Gasteiger partial charge on any atom is -0.459 e. The van der Waals surface area contributed by atoms with Crippen LogP contribution in [0.4, 0.5) is 0 Å². The quantitative estimate of drug-likeness (QED) is 0.866. The second-order valence-electron chi connectivity index (χ2n) is 7.61. The van der Waals surface area contributed by atoms with Gasteiger partial charge in [0.25, 0.3) is 5.91 Å². The molecule has 0 unspecified atom stereocenters. The first kappa shape index (κ1) is 19.1. The van der Waals surface area contributed by atoms with Gasteiger partial charge in [-0.1, -0.05) is 0 Å². The van der Waals surface area contributed by atoms with Crippen LogP contribution in [0.5, 0.6) is 0 Å². The van der Waals surface area contributed by atoms with Crippen LogP contribution in [0.1, 0.15) is 43.9 Å². The Morgan fingerprint density at radius 3 is 2.65 bits per heavy atom. The number of ether oxygens (including phenoxy) is 1. The zero-order valence-electron chi connectivity index (χ0n) is 16.0. The lowest BCUT2D eigenvalue weighted by Gasteiger charge is -2.45. The number of aryl methyl sites for hydroxylation is 1. The summed E-state index contributed by atoms with van der Waals surface area (Å²) in [4.78, 5) is 19.3. The smallest absolute Gasteiger partial charge is 0.270 e. The van der Waals surface area contributed by atoms with Crippen molar-refractivity contribution in [3.63, 3.8) is 0 Å². The van der Waals surface area contributed by atoms with Gasteiger partial charge in [0.1, 0.15) is 11.5 Å². The molecule has 1 aliphatic rings. The molecule has 0 bridgehead atoms. The van der Waals surface area contributed by atoms with Crippen molar-refractivity contribution in [3.8, 4) is 10.8 Å². The molecule has 3 heterocycles. The molecule has 2 aromatic heterocycles. The molecule has 0 aromatic carbocycles. The second kappa shape index (κ2) is 7.50. The number of aromatic nitrogens is 1. The maximum absolute atomic E-state index is 12.5. The van der Waals surface area contributed by atoms with Crippen LogP contribution in [0.2, 0.25) is 0 Å². The third-order valence-corrected chi connectivity index (χ3v) is 5.50. The molecule has 1 N–H and O–H groups in total. The summed E-state index contributed by atoms with van der Waals surface area (Å²) in [6.07, 6.45) is 0.401. The van der Waals surface area contributed by atoms with E-state index in [1.807, 2.05) is 19.1 Å². The van der Waals surface area contributed by atoms with Gasteiger partial charge in [-0.15, -0.1) is 11.3 Å². The zero-order valence-corrected chi connectivity index (χ0v) is 16.9. The molecule has 0 saturated carbocycles. The highest BCUT2D eigenvalue weighted by Crippen LogP contribution is 2.26. The van der Waals surface area contributed by atoms with Crippen LogP contribution < -0.4 is 5.32 Å². The van der Waals surface area contributed by atoms with Crippen LogP contribution in [0.15, 0.2) is 21.9 Å². The van der Waals surface area contributed by atoms with Crippen molar-refractivity contribution in [2.45, 2.75) is 52.4 Å². The molecule has 1 aliphatic heterocycles. The van der Waals surface area contributed by atoms with Gasteiger partial charge in [0.2, 0.25) is 0 Å². The molecule has 1 saturated heterocycles. The fraction of sp³-hybridized carbons (Fsp3) is 0.579. The van der Waals surface area contributed by atoms with Gasteiger partial charge in [-0.2, -0.15) is 0 Å². The van der Waals surface area contributed by atoms with Gasteiger partial charge < -0.3 is 14.5 Å². The van der Waals surface area contributed by atoms with Crippen molar-refractivity contribution in [2.75, 3.05) is 19.6 Å². The fourth-order valence-corrected chi connectivity index (χ4v) is 3.97. The predicted molar refractivity (Wildman–Crippen MR) is 103 cm³/mol. The maximum Gasteiger partial charge on any atom is 0.270 e. The predicted octanol–water partition coefficient (Wildman–Crippen LogP) is 3.33. The van der Waals surface area contributed by atoms with Crippen molar-refractivity contribution < 1.29 is 13.9 Å². The minimum absolute atomic E-state index is 0.154. The van der Waals surface area contributed by atoms with E-state index in [0.29, 0.717) is 18.0 Å². The van der Waals surface area contributed by atoms with Crippen LogP contribution >= 0.6 is 11.3 Å². The highest BCUT2D eigenvalue weighted by atomic mass is 32.1. The summed E-state index contributed by atoms with van der Waals surface area (Å²) in [5, 5.41) is 5.52. The van der Waals surface area contributed by atoms with E-state index in [0.717, 1.165) is 23.9 Å². The van der Waals surface area contributed by atoms with E-state index < -0.39 is 0 Å². The molecule has 26 heavy (non-hydrogen) atoms. The van der Waals surface area contributed by atoms with Gasteiger partial charge in [0.15, 0.2) is 10.8 Å². The molecular formula is C19H27N3O3S. The highest BCUT2D eigenvalue weighted by Gasteiger charge is 2.33. The first-order valence-electron chi connectivity index (χ1n) is 8.95. The summed E-state index contributed by atoms with van der Waals surface area (Å²) in [7, 11) is 0. The van der Waals surface area contributed by atoms with Gasteiger partial charge in [0, 0.05) is 30.6 Å². The van der Waals surface area contributed by atoms with Crippen molar-refractivity contribution in [3.05, 3.63) is 29.0 Å². The molecule has 6 nitrogen and oxygen atoms in total. The molecular weight excluding hydrogens is 350 g/mol. The van der Waals surface area contributed by atoms with Gasteiger partial charge >= 0.3 is 0 Å². The molecule has 1 amide bonds. The Hall–Kier alpha value is -1.70. The Labute approximate surface area is 158 Å². The number of furan rings is 1. The first-order valence-corrected chi connectivity index (χ1v) is 9.83. The van der Waals surface area contributed by atoms with Gasteiger partial charge in [-0.05, 0) is 46.8 Å². The third kappa shape index (κ3) is 4.34.